The number of hydrogen-bond donors (Lipinski definition) is 1. The summed E-state index contributed by atoms with van der Waals surface area (Å²) in [6.07, 6.45) is 2.49. The number of halogens is 1. The van der Waals surface area contributed by atoms with E-state index in [0.29, 0.717) is 12.1 Å². The summed E-state index contributed by atoms with van der Waals surface area (Å²) in [7, 11) is 0. The molecule has 1 N–H and O–H groups in total. The van der Waals surface area contributed by atoms with Crippen LogP contribution in [0.3, 0.4) is 0 Å². The smallest absolute Gasteiger partial charge is 0.0931 e. The topological polar surface area (TPSA) is 15.3 Å². The summed E-state index contributed by atoms with van der Waals surface area (Å²) in [5, 5.41) is 3.70. The van der Waals surface area contributed by atoms with Gasteiger partial charge in [-0.25, -0.2) is 0 Å². The van der Waals surface area contributed by atoms with Crippen LogP contribution < -0.4 is 5.32 Å². The average Bonchev–Trinajstić information content (AvgIpc) is 2.64. The van der Waals surface area contributed by atoms with Crippen LogP contribution in [-0.2, 0) is 6.54 Å². The zero-order valence-electron chi connectivity index (χ0n) is 12.2. The molecule has 108 valence electrons. The lowest BCUT2D eigenvalue weighted by Gasteiger charge is -2.29. The van der Waals surface area contributed by atoms with Crippen molar-refractivity contribution in [2.24, 2.45) is 5.92 Å². The molecule has 1 aliphatic heterocycles. The Hall–Kier alpha value is -0.0900. The van der Waals surface area contributed by atoms with E-state index in [4.69, 9.17) is 11.6 Å². The number of hydrogen-bond acceptors (Lipinski definition) is 3. The third-order valence-electron chi connectivity index (χ3n) is 3.82. The molecule has 1 saturated heterocycles. The molecule has 2 unspecified atom stereocenters. The molecule has 0 aliphatic carbocycles. The molecule has 2 atom stereocenters. The number of nitrogens with one attached hydrogen (secondary N) is 1. The minimum atomic E-state index is 0.625. The SMILES string of the molecule is CC(C)CC1CN(Cc2ccc(Cl)s2)C(C)CCN1. The Kier molecular flexibility index (Phi) is 5.70. The van der Waals surface area contributed by atoms with Crippen molar-refractivity contribution in [3.8, 4) is 0 Å². The van der Waals surface area contributed by atoms with Crippen molar-refractivity contribution in [3.05, 3.63) is 21.3 Å². The van der Waals surface area contributed by atoms with Crippen LogP contribution >= 0.6 is 22.9 Å². The lowest BCUT2D eigenvalue weighted by Crippen LogP contribution is -2.40. The number of thiophene rings is 1. The molecule has 1 aromatic rings. The van der Waals surface area contributed by atoms with Gasteiger partial charge < -0.3 is 5.32 Å². The molecule has 0 saturated carbocycles. The number of rotatable bonds is 4. The third kappa shape index (κ3) is 4.75. The summed E-state index contributed by atoms with van der Waals surface area (Å²) in [6.45, 7) is 10.3. The first kappa shape index (κ1) is 15.3. The van der Waals surface area contributed by atoms with Gasteiger partial charge in [0.2, 0.25) is 0 Å². The highest BCUT2D eigenvalue weighted by Crippen LogP contribution is 2.24. The molecule has 19 heavy (non-hydrogen) atoms. The fourth-order valence-electron chi connectivity index (χ4n) is 2.79. The molecule has 4 heteroatoms. The largest absolute Gasteiger partial charge is 0.313 e. The first-order valence-corrected chi connectivity index (χ1v) is 8.45. The Balaban J connectivity index is 1.98. The molecule has 0 bridgehead atoms. The molecular weight excluding hydrogens is 276 g/mol. The maximum absolute atomic E-state index is 6.03. The van der Waals surface area contributed by atoms with Crippen LogP contribution in [0.5, 0.6) is 0 Å². The van der Waals surface area contributed by atoms with Gasteiger partial charge in [0.25, 0.3) is 0 Å². The molecule has 2 nitrogen and oxygen atoms in total. The van der Waals surface area contributed by atoms with Crippen LogP contribution in [0.25, 0.3) is 0 Å². The minimum absolute atomic E-state index is 0.625. The Morgan fingerprint density at radius 2 is 2.26 bits per heavy atom. The summed E-state index contributed by atoms with van der Waals surface area (Å²) >= 11 is 7.74. The summed E-state index contributed by atoms with van der Waals surface area (Å²) in [4.78, 5) is 3.98. The van der Waals surface area contributed by atoms with Crippen molar-refractivity contribution >= 4 is 22.9 Å². The Morgan fingerprint density at radius 3 is 2.89 bits per heavy atom. The minimum Gasteiger partial charge on any atom is -0.313 e. The third-order valence-corrected chi connectivity index (χ3v) is 5.03. The molecule has 1 aromatic heterocycles. The van der Waals surface area contributed by atoms with Crippen LogP contribution in [0.2, 0.25) is 4.34 Å². The summed E-state index contributed by atoms with van der Waals surface area (Å²) < 4.78 is 0.898. The first-order chi connectivity index (χ1) is 9.04. The lowest BCUT2D eigenvalue weighted by molar-refractivity contribution is 0.191. The number of nitrogens with zero attached hydrogens (tertiary/aromatic N) is 1. The predicted octanol–water partition coefficient (Wildman–Crippen LogP) is 4.00. The Bertz CT molecular complexity index is 391. The van der Waals surface area contributed by atoms with Gasteiger partial charge in [0.1, 0.15) is 0 Å². The molecule has 2 heterocycles. The molecule has 2 rings (SSSR count). The lowest BCUT2D eigenvalue weighted by atomic mass is 10.0. The van der Waals surface area contributed by atoms with E-state index in [2.05, 4.69) is 37.1 Å². The Morgan fingerprint density at radius 1 is 1.47 bits per heavy atom. The van der Waals surface area contributed by atoms with Crippen molar-refractivity contribution in [2.75, 3.05) is 13.1 Å². The summed E-state index contributed by atoms with van der Waals surface area (Å²) in [6, 6.07) is 5.44. The van der Waals surface area contributed by atoms with Gasteiger partial charge in [0, 0.05) is 30.1 Å². The maximum Gasteiger partial charge on any atom is 0.0931 e. The average molecular weight is 301 g/mol. The fourth-order valence-corrected chi connectivity index (χ4v) is 3.90. The normalized spacial score (nSPS) is 25.7. The molecule has 0 radical (unpaired) electrons. The van der Waals surface area contributed by atoms with Crippen molar-refractivity contribution in [2.45, 2.75) is 52.2 Å². The summed E-state index contributed by atoms with van der Waals surface area (Å²) in [5.74, 6) is 0.754. The fraction of sp³-hybridized carbons (Fsp3) is 0.733. The van der Waals surface area contributed by atoms with E-state index < -0.39 is 0 Å². The molecule has 0 aromatic carbocycles. The van der Waals surface area contributed by atoms with Crippen molar-refractivity contribution in [1.82, 2.24) is 10.2 Å². The maximum atomic E-state index is 6.03. The highest BCUT2D eigenvalue weighted by Gasteiger charge is 2.23. The molecule has 1 aliphatic rings. The van der Waals surface area contributed by atoms with E-state index in [1.165, 1.54) is 17.7 Å². The first-order valence-electron chi connectivity index (χ1n) is 7.26. The predicted molar refractivity (Wildman–Crippen MR) is 85.1 cm³/mol. The molecule has 0 spiro atoms. The zero-order valence-corrected chi connectivity index (χ0v) is 13.7. The van der Waals surface area contributed by atoms with Crippen molar-refractivity contribution in [3.63, 3.8) is 0 Å². The molecule has 0 amide bonds. The molecular formula is C15H25ClN2S. The van der Waals surface area contributed by atoms with Gasteiger partial charge in [0.15, 0.2) is 0 Å². The van der Waals surface area contributed by atoms with Crippen LogP contribution in [0.1, 0.15) is 38.5 Å². The standard InChI is InChI=1S/C15H25ClN2S/c1-11(2)8-13-9-18(12(3)6-7-17-13)10-14-4-5-15(16)19-14/h4-5,11-13,17H,6-10H2,1-3H3. The van der Waals surface area contributed by atoms with Gasteiger partial charge in [-0.15, -0.1) is 11.3 Å². The van der Waals surface area contributed by atoms with Gasteiger partial charge in [0.05, 0.1) is 4.34 Å². The van der Waals surface area contributed by atoms with Gasteiger partial charge in [-0.3, -0.25) is 4.90 Å². The van der Waals surface area contributed by atoms with Crippen LogP contribution in [0, 0.1) is 5.92 Å². The van der Waals surface area contributed by atoms with Gasteiger partial charge in [-0.05, 0) is 44.4 Å². The van der Waals surface area contributed by atoms with Crippen LogP contribution in [-0.4, -0.2) is 30.1 Å². The quantitative estimate of drug-likeness (QED) is 0.904. The second-order valence-corrected chi connectivity index (χ2v) is 7.85. The van der Waals surface area contributed by atoms with Gasteiger partial charge >= 0.3 is 0 Å². The Labute approximate surface area is 126 Å². The zero-order chi connectivity index (χ0) is 13.8. The van der Waals surface area contributed by atoms with Gasteiger partial charge in [-0.2, -0.15) is 0 Å². The van der Waals surface area contributed by atoms with Crippen LogP contribution in [0.15, 0.2) is 12.1 Å². The molecule has 1 fully saturated rings. The van der Waals surface area contributed by atoms with E-state index in [0.717, 1.165) is 29.9 Å². The summed E-state index contributed by atoms with van der Waals surface area (Å²) in [5.41, 5.74) is 0. The monoisotopic (exact) mass is 300 g/mol. The van der Waals surface area contributed by atoms with E-state index in [1.54, 1.807) is 11.3 Å². The highest BCUT2D eigenvalue weighted by molar-refractivity contribution is 7.16. The van der Waals surface area contributed by atoms with E-state index in [1.807, 2.05) is 6.07 Å². The van der Waals surface area contributed by atoms with E-state index in [-0.39, 0.29) is 0 Å². The van der Waals surface area contributed by atoms with E-state index >= 15 is 0 Å². The van der Waals surface area contributed by atoms with E-state index in [9.17, 15) is 0 Å². The van der Waals surface area contributed by atoms with Crippen LogP contribution in [0.4, 0.5) is 0 Å². The van der Waals surface area contributed by atoms with Crippen molar-refractivity contribution < 1.29 is 0 Å². The van der Waals surface area contributed by atoms with Gasteiger partial charge in [-0.1, -0.05) is 25.4 Å². The highest BCUT2D eigenvalue weighted by atomic mass is 35.5. The second kappa shape index (κ2) is 7.07. The second-order valence-electron chi connectivity index (χ2n) is 6.05. The van der Waals surface area contributed by atoms with Crippen molar-refractivity contribution in [1.29, 1.82) is 0 Å².